The first-order valence-electron chi connectivity index (χ1n) is 20.3. The number of thiol groups is 1. The molecule has 4 aliphatic rings. The van der Waals surface area contributed by atoms with Gasteiger partial charge in [0.05, 0.1) is 37.6 Å². The normalized spacial score (nSPS) is 16.7. The number of carbonyl (C=O) groups excluding carboxylic acids is 6. The van der Waals surface area contributed by atoms with Crippen molar-refractivity contribution in [2.24, 2.45) is 0 Å². The Morgan fingerprint density at radius 2 is 1.05 bits per heavy atom. The number of amides is 6. The van der Waals surface area contributed by atoms with E-state index in [-0.39, 0.29) is 57.5 Å². The van der Waals surface area contributed by atoms with Crippen molar-refractivity contribution in [3.05, 3.63) is 82.9 Å². The van der Waals surface area contributed by atoms with Crippen molar-refractivity contribution >= 4 is 81.0 Å². The molecule has 4 aromatic carbocycles. The van der Waals surface area contributed by atoms with E-state index < -0.39 is 23.6 Å². The number of morpholine rings is 2. The second kappa shape index (κ2) is 17.4. The van der Waals surface area contributed by atoms with Crippen LogP contribution in [0.3, 0.4) is 0 Å². The van der Waals surface area contributed by atoms with E-state index in [0.717, 1.165) is 22.1 Å². The monoisotopic (exact) mass is 820 g/mol. The SMILES string of the molecule is CC(=O)N(CCCN(CCN1C(=O)c2cccc3cc(N4CCOCC4)cc(c23)C1=O)C(=O)CCS)CCN1C(=O)c2cccc3cc(N4CCOCC4)cc(c23)C1=O. The molecule has 2 saturated heterocycles. The highest BCUT2D eigenvalue weighted by molar-refractivity contribution is 7.80. The second-order valence-electron chi connectivity index (χ2n) is 15.2. The second-order valence-corrected chi connectivity index (χ2v) is 15.7. The summed E-state index contributed by atoms with van der Waals surface area (Å²) in [6.45, 7) is 7.30. The first kappa shape index (κ1) is 40.3. The zero-order valence-corrected chi connectivity index (χ0v) is 34.1. The standard InChI is InChI=1S/C44H48N6O8S/c1-29(51)45(12-14-49-41(53)34-7-2-5-30-25-32(46-16-20-57-21-17-46)27-36(39(30)34)43(49)55)10-4-11-48(38(52)9-24-59)13-15-50-42(54)35-8-3-6-31-26-33(47-18-22-58-23-19-47)28-37(40(31)35)44(50)56/h2-3,5-8,25-28,59H,4,9-24H2,1H3. The fraction of sp³-hybridized carbons (Fsp3) is 0.409. The van der Waals surface area contributed by atoms with Crippen LogP contribution in [0, 0.1) is 0 Å². The lowest BCUT2D eigenvalue weighted by Crippen LogP contribution is -2.47. The van der Waals surface area contributed by atoms with Crippen LogP contribution in [0.25, 0.3) is 21.5 Å². The predicted octanol–water partition coefficient (Wildman–Crippen LogP) is 3.95. The van der Waals surface area contributed by atoms with Crippen molar-refractivity contribution in [1.82, 2.24) is 19.6 Å². The van der Waals surface area contributed by atoms with Crippen LogP contribution in [-0.2, 0) is 19.1 Å². The molecular weight excluding hydrogens is 773 g/mol. The molecule has 0 atom stereocenters. The van der Waals surface area contributed by atoms with E-state index in [4.69, 9.17) is 9.47 Å². The minimum atomic E-state index is -0.408. The van der Waals surface area contributed by atoms with Gasteiger partial charge in [-0.25, -0.2) is 0 Å². The smallest absolute Gasteiger partial charge is 0.261 e. The Morgan fingerprint density at radius 3 is 1.51 bits per heavy atom. The molecule has 0 N–H and O–H groups in total. The first-order chi connectivity index (χ1) is 28.6. The Labute approximate surface area is 347 Å². The highest BCUT2D eigenvalue weighted by Gasteiger charge is 2.36. The zero-order valence-electron chi connectivity index (χ0n) is 33.2. The van der Waals surface area contributed by atoms with Gasteiger partial charge in [-0.05, 0) is 59.3 Å². The number of benzene rings is 4. The van der Waals surface area contributed by atoms with Crippen LogP contribution in [0.5, 0.6) is 0 Å². The summed E-state index contributed by atoms with van der Waals surface area (Å²) in [5.41, 5.74) is 3.58. The average Bonchev–Trinajstić information content (AvgIpc) is 3.26. The van der Waals surface area contributed by atoms with Gasteiger partial charge in [-0.1, -0.05) is 24.3 Å². The topological polar surface area (TPSA) is 140 Å². The van der Waals surface area contributed by atoms with Crippen LogP contribution in [-0.4, -0.2) is 153 Å². The molecule has 15 heteroatoms. The largest absolute Gasteiger partial charge is 0.378 e. The molecule has 6 amide bonds. The molecule has 0 saturated carbocycles. The third-order valence-electron chi connectivity index (χ3n) is 11.7. The number of ether oxygens (including phenoxy) is 2. The first-order valence-corrected chi connectivity index (χ1v) is 20.9. The molecule has 0 radical (unpaired) electrons. The molecule has 4 aliphatic heterocycles. The van der Waals surface area contributed by atoms with Crippen LogP contribution < -0.4 is 9.80 Å². The summed E-state index contributed by atoms with van der Waals surface area (Å²) in [7, 11) is 0. The van der Waals surface area contributed by atoms with Crippen molar-refractivity contribution < 1.29 is 38.2 Å². The molecule has 0 unspecified atom stereocenters. The van der Waals surface area contributed by atoms with Crippen molar-refractivity contribution in [1.29, 1.82) is 0 Å². The number of carbonyl (C=O) groups is 6. The molecule has 59 heavy (non-hydrogen) atoms. The summed E-state index contributed by atoms with van der Waals surface area (Å²) >= 11 is 4.27. The van der Waals surface area contributed by atoms with E-state index in [1.54, 1.807) is 21.9 Å². The molecule has 14 nitrogen and oxygen atoms in total. The van der Waals surface area contributed by atoms with Crippen LogP contribution in [0.15, 0.2) is 60.7 Å². The van der Waals surface area contributed by atoms with Gasteiger partial charge in [0.1, 0.15) is 0 Å². The lowest BCUT2D eigenvalue weighted by atomic mass is 9.93. The minimum absolute atomic E-state index is 0.00217. The molecule has 0 spiro atoms. The van der Waals surface area contributed by atoms with Gasteiger partial charge in [-0.2, -0.15) is 12.6 Å². The van der Waals surface area contributed by atoms with E-state index in [2.05, 4.69) is 22.4 Å². The Morgan fingerprint density at radius 1 is 0.610 bits per heavy atom. The number of anilines is 2. The van der Waals surface area contributed by atoms with Crippen molar-refractivity contribution in [2.45, 2.75) is 19.8 Å². The van der Waals surface area contributed by atoms with E-state index in [0.29, 0.717) is 97.8 Å². The third kappa shape index (κ3) is 7.98. The highest BCUT2D eigenvalue weighted by atomic mass is 32.1. The Balaban J connectivity index is 0.929. The van der Waals surface area contributed by atoms with Crippen LogP contribution in [0.1, 0.15) is 61.2 Å². The lowest BCUT2D eigenvalue weighted by Gasteiger charge is -2.33. The minimum Gasteiger partial charge on any atom is -0.378 e. The molecule has 4 heterocycles. The van der Waals surface area contributed by atoms with Gasteiger partial charge in [0, 0.05) is 112 Å². The highest BCUT2D eigenvalue weighted by Crippen LogP contribution is 2.36. The number of hydrogen-bond acceptors (Lipinski definition) is 11. The Kier molecular flexibility index (Phi) is 11.9. The number of imide groups is 2. The molecule has 8 rings (SSSR count). The fourth-order valence-corrected chi connectivity index (χ4v) is 8.83. The zero-order chi connectivity index (χ0) is 41.2. The maximum absolute atomic E-state index is 14.0. The van der Waals surface area contributed by atoms with Crippen LogP contribution in [0.2, 0.25) is 0 Å². The number of hydrogen-bond donors (Lipinski definition) is 1. The van der Waals surface area contributed by atoms with Crippen molar-refractivity contribution in [3.63, 3.8) is 0 Å². The van der Waals surface area contributed by atoms with Gasteiger partial charge >= 0.3 is 0 Å². The van der Waals surface area contributed by atoms with Gasteiger partial charge in [0.15, 0.2) is 0 Å². The van der Waals surface area contributed by atoms with Gasteiger partial charge in [0.2, 0.25) is 11.8 Å². The number of rotatable bonds is 14. The van der Waals surface area contributed by atoms with Gasteiger partial charge < -0.3 is 29.1 Å². The van der Waals surface area contributed by atoms with Crippen LogP contribution >= 0.6 is 12.6 Å². The third-order valence-corrected chi connectivity index (χ3v) is 12.0. The summed E-state index contributed by atoms with van der Waals surface area (Å²) in [5, 5.41) is 2.91. The molecule has 0 bridgehead atoms. The molecule has 4 aromatic rings. The molecular formula is C44H48N6O8S. The lowest BCUT2D eigenvalue weighted by molar-refractivity contribution is -0.131. The van der Waals surface area contributed by atoms with Crippen LogP contribution in [0.4, 0.5) is 11.4 Å². The number of nitrogens with zero attached hydrogens (tertiary/aromatic N) is 6. The van der Waals surface area contributed by atoms with E-state index in [9.17, 15) is 28.8 Å². The van der Waals surface area contributed by atoms with Gasteiger partial charge in [-0.15, -0.1) is 0 Å². The fourth-order valence-electron chi connectivity index (χ4n) is 8.63. The Hall–Kier alpha value is -5.51. The van der Waals surface area contributed by atoms with E-state index >= 15 is 0 Å². The quantitative estimate of drug-likeness (QED) is 0.147. The van der Waals surface area contributed by atoms with E-state index in [1.807, 2.05) is 48.5 Å². The molecule has 2 fully saturated rings. The summed E-state index contributed by atoms with van der Waals surface area (Å²) in [4.78, 5) is 91.8. The Bertz CT molecular complexity index is 2340. The average molecular weight is 821 g/mol. The van der Waals surface area contributed by atoms with Crippen molar-refractivity contribution in [3.8, 4) is 0 Å². The van der Waals surface area contributed by atoms with E-state index in [1.165, 1.54) is 16.7 Å². The molecule has 0 aliphatic carbocycles. The summed E-state index contributed by atoms with van der Waals surface area (Å²) in [5.74, 6) is -1.72. The summed E-state index contributed by atoms with van der Waals surface area (Å²) in [6.07, 6.45) is 0.547. The molecule has 308 valence electrons. The van der Waals surface area contributed by atoms with Gasteiger partial charge in [0.25, 0.3) is 23.6 Å². The summed E-state index contributed by atoms with van der Waals surface area (Å²) < 4.78 is 11.0. The predicted molar refractivity (Wildman–Crippen MR) is 227 cm³/mol. The maximum atomic E-state index is 14.0. The summed E-state index contributed by atoms with van der Waals surface area (Å²) in [6, 6.07) is 18.6. The molecule has 0 aromatic heterocycles. The van der Waals surface area contributed by atoms with Crippen molar-refractivity contribution in [2.75, 3.05) is 107 Å². The maximum Gasteiger partial charge on any atom is 0.261 e. The van der Waals surface area contributed by atoms with Gasteiger partial charge in [-0.3, -0.25) is 38.6 Å².